The zero-order valence-corrected chi connectivity index (χ0v) is 13.7. The Labute approximate surface area is 151 Å². The van der Waals surface area contributed by atoms with Gasteiger partial charge in [0.05, 0.1) is 11.8 Å². The zero-order valence-electron chi connectivity index (χ0n) is 13.7. The number of hydrogen-bond acceptors (Lipinski definition) is 5. The summed E-state index contributed by atoms with van der Waals surface area (Å²) in [5, 5.41) is 5.89. The molecule has 0 atom stereocenters. The quantitative estimate of drug-likeness (QED) is 0.688. The van der Waals surface area contributed by atoms with E-state index in [0.717, 1.165) is 11.6 Å². The molecule has 3 rings (SSSR count). The van der Waals surface area contributed by atoms with Crippen molar-refractivity contribution in [1.82, 2.24) is 5.16 Å². The molecule has 27 heavy (non-hydrogen) atoms. The summed E-state index contributed by atoms with van der Waals surface area (Å²) >= 11 is 0. The highest BCUT2D eigenvalue weighted by Gasteiger charge is 2.32. The number of aromatic nitrogens is 1. The van der Waals surface area contributed by atoms with E-state index in [4.69, 9.17) is 9.26 Å². The molecule has 1 N–H and O–H groups in total. The van der Waals surface area contributed by atoms with E-state index in [1.165, 1.54) is 24.3 Å². The van der Waals surface area contributed by atoms with Crippen molar-refractivity contribution in [2.75, 3.05) is 5.32 Å². The van der Waals surface area contributed by atoms with Crippen LogP contribution in [0.1, 0.15) is 16.1 Å². The third kappa shape index (κ3) is 5.24. The van der Waals surface area contributed by atoms with Crippen molar-refractivity contribution >= 4 is 11.6 Å². The van der Waals surface area contributed by atoms with Crippen LogP contribution in [0.3, 0.4) is 0 Å². The van der Waals surface area contributed by atoms with Gasteiger partial charge in [-0.05, 0) is 22.9 Å². The third-order valence-corrected chi connectivity index (χ3v) is 3.30. The highest BCUT2D eigenvalue weighted by atomic mass is 19.4. The van der Waals surface area contributed by atoms with Crippen molar-refractivity contribution in [3.05, 3.63) is 72.0 Å². The highest BCUT2D eigenvalue weighted by molar-refractivity contribution is 6.03. The summed E-state index contributed by atoms with van der Waals surface area (Å²) in [7, 11) is 0. The fourth-order valence-electron chi connectivity index (χ4n) is 2.13. The SMILES string of the molecule is O=C(Nc1ccccc1OC(F)(F)F)c1cc(OCc2ccccc2)no1. The van der Waals surface area contributed by atoms with Crippen LogP contribution in [0.15, 0.2) is 65.2 Å². The first-order valence-electron chi connectivity index (χ1n) is 7.70. The fourth-order valence-corrected chi connectivity index (χ4v) is 2.13. The summed E-state index contributed by atoms with van der Waals surface area (Å²) in [6.45, 7) is 0.219. The predicted molar refractivity (Wildman–Crippen MR) is 88.4 cm³/mol. The van der Waals surface area contributed by atoms with E-state index in [1.807, 2.05) is 30.3 Å². The molecule has 2 aromatic carbocycles. The number of amides is 1. The molecular weight excluding hydrogens is 365 g/mol. The third-order valence-electron chi connectivity index (χ3n) is 3.30. The first-order valence-corrected chi connectivity index (χ1v) is 7.70. The van der Waals surface area contributed by atoms with E-state index < -0.39 is 18.0 Å². The number of carbonyl (C=O) groups excluding carboxylic acids is 1. The van der Waals surface area contributed by atoms with Crippen LogP contribution in [0.2, 0.25) is 0 Å². The summed E-state index contributed by atoms with van der Waals surface area (Å²) in [5.74, 6) is -1.49. The van der Waals surface area contributed by atoms with Crippen LogP contribution in [-0.4, -0.2) is 17.4 Å². The van der Waals surface area contributed by atoms with E-state index in [0.29, 0.717) is 0 Å². The molecule has 1 amide bonds. The molecule has 0 bridgehead atoms. The molecule has 140 valence electrons. The molecule has 0 spiro atoms. The van der Waals surface area contributed by atoms with Gasteiger partial charge in [0.15, 0.2) is 5.75 Å². The van der Waals surface area contributed by atoms with Crippen molar-refractivity contribution < 1.29 is 32.0 Å². The number of anilines is 1. The van der Waals surface area contributed by atoms with Crippen molar-refractivity contribution in [1.29, 1.82) is 0 Å². The van der Waals surface area contributed by atoms with Gasteiger partial charge in [0.2, 0.25) is 5.76 Å². The van der Waals surface area contributed by atoms with Crippen molar-refractivity contribution in [3.63, 3.8) is 0 Å². The largest absolute Gasteiger partial charge is 0.573 e. The van der Waals surface area contributed by atoms with Gasteiger partial charge >= 0.3 is 6.36 Å². The number of alkyl halides is 3. The normalized spacial score (nSPS) is 11.1. The molecule has 1 aromatic heterocycles. The van der Waals surface area contributed by atoms with Crippen LogP contribution in [-0.2, 0) is 6.61 Å². The minimum atomic E-state index is -4.88. The van der Waals surface area contributed by atoms with Gasteiger partial charge in [0, 0.05) is 0 Å². The number of rotatable bonds is 6. The monoisotopic (exact) mass is 378 g/mol. The second-order valence-corrected chi connectivity index (χ2v) is 5.30. The Morgan fingerprint density at radius 3 is 2.52 bits per heavy atom. The molecule has 6 nitrogen and oxygen atoms in total. The number of benzene rings is 2. The molecule has 0 aliphatic carbocycles. The van der Waals surface area contributed by atoms with Crippen LogP contribution in [0.4, 0.5) is 18.9 Å². The van der Waals surface area contributed by atoms with Gasteiger partial charge in [0.1, 0.15) is 6.61 Å². The number of carbonyl (C=O) groups is 1. The maximum Gasteiger partial charge on any atom is 0.573 e. The lowest BCUT2D eigenvalue weighted by Crippen LogP contribution is -2.19. The Hall–Kier alpha value is -3.49. The number of ether oxygens (including phenoxy) is 2. The molecule has 0 unspecified atom stereocenters. The molecular formula is C18H13F3N2O4. The topological polar surface area (TPSA) is 73.6 Å². The number of nitrogens with one attached hydrogen (secondary N) is 1. The van der Waals surface area contributed by atoms with E-state index in [-0.39, 0.29) is 23.9 Å². The second-order valence-electron chi connectivity index (χ2n) is 5.30. The van der Waals surface area contributed by atoms with E-state index in [2.05, 4.69) is 15.2 Å². The van der Waals surface area contributed by atoms with Gasteiger partial charge in [-0.3, -0.25) is 4.79 Å². The molecule has 0 saturated heterocycles. The Kier molecular flexibility index (Phi) is 5.30. The van der Waals surface area contributed by atoms with E-state index in [1.54, 1.807) is 0 Å². The van der Waals surface area contributed by atoms with Crippen LogP contribution in [0.25, 0.3) is 0 Å². The summed E-state index contributed by atoms with van der Waals surface area (Å²) in [6, 6.07) is 15.7. The average molecular weight is 378 g/mol. The lowest BCUT2D eigenvalue weighted by molar-refractivity contribution is -0.274. The lowest BCUT2D eigenvalue weighted by atomic mass is 10.2. The number of hydrogen-bond donors (Lipinski definition) is 1. The first-order chi connectivity index (χ1) is 12.9. The molecule has 9 heteroatoms. The van der Waals surface area contributed by atoms with Gasteiger partial charge < -0.3 is 19.3 Å². The van der Waals surface area contributed by atoms with Crippen molar-refractivity contribution in [3.8, 4) is 11.6 Å². The molecule has 1 heterocycles. The number of halogens is 3. The maximum atomic E-state index is 12.4. The Balaban J connectivity index is 1.65. The maximum absolute atomic E-state index is 12.4. The molecule has 0 aliphatic heterocycles. The summed E-state index contributed by atoms with van der Waals surface area (Å²) in [6.07, 6.45) is -4.88. The van der Waals surface area contributed by atoms with Crippen LogP contribution in [0, 0.1) is 0 Å². The molecule has 0 saturated carbocycles. The van der Waals surface area contributed by atoms with Crippen molar-refractivity contribution in [2.45, 2.75) is 13.0 Å². The van der Waals surface area contributed by atoms with Gasteiger partial charge in [0.25, 0.3) is 11.8 Å². The Morgan fingerprint density at radius 2 is 1.78 bits per heavy atom. The van der Waals surface area contributed by atoms with Crippen LogP contribution >= 0.6 is 0 Å². The predicted octanol–water partition coefficient (Wildman–Crippen LogP) is 4.40. The molecule has 0 radical (unpaired) electrons. The Morgan fingerprint density at radius 1 is 1.07 bits per heavy atom. The average Bonchev–Trinajstić information content (AvgIpc) is 3.10. The fraction of sp³-hybridized carbons (Fsp3) is 0.111. The number of para-hydroxylation sites is 2. The Bertz CT molecular complexity index is 910. The second kappa shape index (κ2) is 7.81. The molecule has 3 aromatic rings. The zero-order chi connectivity index (χ0) is 19.3. The van der Waals surface area contributed by atoms with Gasteiger partial charge in [-0.15, -0.1) is 13.2 Å². The lowest BCUT2D eigenvalue weighted by Gasteiger charge is -2.13. The van der Waals surface area contributed by atoms with E-state index in [9.17, 15) is 18.0 Å². The highest BCUT2D eigenvalue weighted by Crippen LogP contribution is 2.30. The summed E-state index contributed by atoms with van der Waals surface area (Å²) in [5.41, 5.74) is 0.729. The minimum Gasteiger partial charge on any atom is -0.471 e. The van der Waals surface area contributed by atoms with Gasteiger partial charge in [-0.1, -0.05) is 42.5 Å². The molecule has 0 aliphatic rings. The van der Waals surface area contributed by atoms with Gasteiger partial charge in [-0.2, -0.15) is 0 Å². The minimum absolute atomic E-state index is 0.0730. The van der Waals surface area contributed by atoms with E-state index >= 15 is 0 Å². The first kappa shape index (κ1) is 18.3. The van der Waals surface area contributed by atoms with Crippen LogP contribution in [0.5, 0.6) is 11.6 Å². The summed E-state index contributed by atoms with van der Waals surface area (Å²) < 4.78 is 51.4. The smallest absolute Gasteiger partial charge is 0.471 e. The summed E-state index contributed by atoms with van der Waals surface area (Å²) in [4.78, 5) is 12.2. The molecule has 0 fully saturated rings. The van der Waals surface area contributed by atoms with Gasteiger partial charge in [-0.25, -0.2) is 0 Å². The van der Waals surface area contributed by atoms with Crippen molar-refractivity contribution in [2.24, 2.45) is 0 Å². The standard InChI is InChI=1S/C18H13F3N2O4/c19-18(20,21)26-14-9-5-4-8-13(14)22-17(24)15-10-16(23-27-15)25-11-12-6-2-1-3-7-12/h1-10H,11H2,(H,22,24). The number of nitrogens with zero attached hydrogens (tertiary/aromatic N) is 1. The van der Waals surface area contributed by atoms with Crippen LogP contribution < -0.4 is 14.8 Å².